The minimum absolute atomic E-state index is 0.570. The number of thiazole rings is 1. The average molecular weight is 366 g/mol. The Morgan fingerprint density at radius 3 is 2.65 bits per heavy atom. The van der Waals surface area contributed by atoms with Gasteiger partial charge in [0.1, 0.15) is 6.33 Å². The fourth-order valence-electron chi connectivity index (χ4n) is 3.27. The summed E-state index contributed by atoms with van der Waals surface area (Å²) in [6.45, 7) is 5.58. The van der Waals surface area contributed by atoms with Crippen LogP contribution in [0.15, 0.2) is 35.0 Å². The molecule has 3 aromatic heterocycles. The van der Waals surface area contributed by atoms with Crippen molar-refractivity contribution < 1.29 is 4.42 Å². The van der Waals surface area contributed by atoms with Gasteiger partial charge in [0.15, 0.2) is 22.4 Å². The number of aryl methyl sites for hydroxylation is 1. The Morgan fingerprint density at radius 1 is 1.04 bits per heavy atom. The van der Waals surface area contributed by atoms with Crippen LogP contribution in [0.3, 0.4) is 0 Å². The van der Waals surface area contributed by atoms with Crippen LogP contribution in [0.25, 0.3) is 21.4 Å². The van der Waals surface area contributed by atoms with E-state index in [1.165, 1.54) is 4.70 Å². The highest BCUT2D eigenvalue weighted by atomic mass is 32.1. The van der Waals surface area contributed by atoms with Gasteiger partial charge in [0.05, 0.1) is 10.2 Å². The molecule has 0 bridgehead atoms. The Hall–Kier alpha value is -2.74. The van der Waals surface area contributed by atoms with Crippen LogP contribution in [0, 0.1) is 0 Å². The van der Waals surface area contributed by atoms with Crippen molar-refractivity contribution in [1.29, 1.82) is 0 Å². The number of nitrogens with zero attached hydrogens (tertiary/aromatic N) is 6. The lowest BCUT2D eigenvalue weighted by molar-refractivity contribution is 0.529. The van der Waals surface area contributed by atoms with Crippen molar-refractivity contribution in [2.75, 3.05) is 36.0 Å². The molecule has 1 aromatic carbocycles. The van der Waals surface area contributed by atoms with Crippen LogP contribution in [0.5, 0.6) is 0 Å². The Labute approximate surface area is 154 Å². The molecule has 7 nitrogen and oxygen atoms in total. The van der Waals surface area contributed by atoms with Gasteiger partial charge < -0.3 is 14.2 Å². The second-order valence-corrected chi connectivity index (χ2v) is 7.26. The largest absolute Gasteiger partial charge is 0.422 e. The maximum absolute atomic E-state index is 5.67. The molecule has 1 fully saturated rings. The highest BCUT2D eigenvalue weighted by Crippen LogP contribution is 2.30. The number of hydrogen-bond acceptors (Lipinski definition) is 8. The standard InChI is InChI=1S/C18H18N6OS/c1-2-14-22-15-16(19-11-20-17(15)25-14)23-7-9-24(10-8-23)18-21-12-5-3-4-6-13(12)26-18/h3-6,11H,2,7-10H2,1H3. The number of anilines is 2. The van der Waals surface area contributed by atoms with E-state index in [2.05, 4.69) is 43.0 Å². The molecule has 132 valence electrons. The van der Waals surface area contributed by atoms with Crippen molar-refractivity contribution in [2.24, 2.45) is 0 Å². The molecular weight excluding hydrogens is 348 g/mol. The predicted molar refractivity (Wildman–Crippen MR) is 103 cm³/mol. The molecule has 4 aromatic rings. The average Bonchev–Trinajstić information content (AvgIpc) is 3.31. The van der Waals surface area contributed by atoms with Crippen molar-refractivity contribution in [3.05, 3.63) is 36.5 Å². The van der Waals surface area contributed by atoms with Crippen molar-refractivity contribution in [3.63, 3.8) is 0 Å². The minimum Gasteiger partial charge on any atom is -0.422 e. The smallest absolute Gasteiger partial charge is 0.252 e. The zero-order chi connectivity index (χ0) is 17.5. The highest BCUT2D eigenvalue weighted by molar-refractivity contribution is 7.22. The molecule has 0 spiro atoms. The fraction of sp³-hybridized carbons (Fsp3) is 0.333. The summed E-state index contributed by atoms with van der Waals surface area (Å²) in [5.74, 6) is 1.57. The van der Waals surface area contributed by atoms with E-state index < -0.39 is 0 Å². The lowest BCUT2D eigenvalue weighted by Crippen LogP contribution is -2.46. The number of piperazine rings is 1. The molecule has 0 N–H and O–H groups in total. The van der Waals surface area contributed by atoms with Crippen LogP contribution in [-0.4, -0.2) is 46.1 Å². The van der Waals surface area contributed by atoms with Gasteiger partial charge in [-0.15, -0.1) is 0 Å². The SMILES string of the molecule is CCc1nc2c(N3CCN(c4nc5ccccc5s4)CC3)ncnc2o1. The predicted octanol–water partition coefficient (Wildman–Crippen LogP) is 3.12. The summed E-state index contributed by atoms with van der Waals surface area (Å²) in [5, 5.41) is 1.09. The summed E-state index contributed by atoms with van der Waals surface area (Å²) >= 11 is 1.75. The number of hydrogen-bond donors (Lipinski definition) is 0. The first kappa shape index (κ1) is 15.5. The van der Waals surface area contributed by atoms with Gasteiger partial charge >= 0.3 is 0 Å². The van der Waals surface area contributed by atoms with E-state index in [4.69, 9.17) is 9.40 Å². The third-order valence-electron chi connectivity index (χ3n) is 4.66. The van der Waals surface area contributed by atoms with Gasteiger partial charge in [-0.25, -0.2) is 15.0 Å². The van der Waals surface area contributed by atoms with Crippen molar-refractivity contribution in [1.82, 2.24) is 19.9 Å². The van der Waals surface area contributed by atoms with E-state index in [1.54, 1.807) is 17.7 Å². The maximum atomic E-state index is 5.67. The van der Waals surface area contributed by atoms with Crippen LogP contribution < -0.4 is 9.80 Å². The number of rotatable bonds is 3. The van der Waals surface area contributed by atoms with E-state index >= 15 is 0 Å². The molecule has 1 aliphatic rings. The molecule has 0 radical (unpaired) electrons. The monoisotopic (exact) mass is 366 g/mol. The first-order valence-corrected chi connectivity index (χ1v) is 9.59. The van der Waals surface area contributed by atoms with Crippen LogP contribution >= 0.6 is 11.3 Å². The summed E-state index contributed by atoms with van der Waals surface area (Å²) in [6, 6.07) is 8.29. The topological polar surface area (TPSA) is 71.2 Å². The molecule has 1 aliphatic heterocycles. The van der Waals surface area contributed by atoms with Gasteiger partial charge in [0.25, 0.3) is 5.71 Å². The zero-order valence-corrected chi connectivity index (χ0v) is 15.2. The van der Waals surface area contributed by atoms with Gasteiger partial charge in [-0.2, -0.15) is 4.98 Å². The number of fused-ring (bicyclic) bond motifs is 2. The molecule has 26 heavy (non-hydrogen) atoms. The van der Waals surface area contributed by atoms with E-state index in [-0.39, 0.29) is 0 Å². The molecule has 1 saturated heterocycles. The second-order valence-electron chi connectivity index (χ2n) is 6.25. The molecule has 0 unspecified atom stereocenters. The first-order valence-electron chi connectivity index (χ1n) is 8.77. The molecule has 4 heterocycles. The van der Waals surface area contributed by atoms with E-state index in [0.717, 1.165) is 54.6 Å². The summed E-state index contributed by atoms with van der Waals surface area (Å²) in [6.07, 6.45) is 2.31. The Morgan fingerprint density at radius 2 is 1.85 bits per heavy atom. The van der Waals surface area contributed by atoms with Gasteiger partial charge in [-0.05, 0) is 12.1 Å². The maximum Gasteiger partial charge on any atom is 0.252 e. The molecule has 0 aliphatic carbocycles. The van der Waals surface area contributed by atoms with Crippen LogP contribution in [-0.2, 0) is 6.42 Å². The molecule has 5 rings (SSSR count). The zero-order valence-electron chi connectivity index (χ0n) is 14.4. The van der Waals surface area contributed by atoms with Crippen LogP contribution in [0.4, 0.5) is 10.9 Å². The third-order valence-corrected chi connectivity index (χ3v) is 5.75. The second kappa shape index (κ2) is 6.21. The Bertz CT molecular complexity index is 1030. The number of oxazole rings is 1. The molecule has 0 saturated carbocycles. The van der Waals surface area contributed by atoms with Gasteiger partial charge in [0, 0.05) is 32.6 Å². The summed E-state index contributed by atoms with van der Waals surface area (Å²) in [4.78, 5) is 22.6. The van der Waals surface area contributed by atoms with Crippen molar-refractivity contribution >= 4 is 43.7 Å². The summed E-state index contributed by atoms with van der Waals surface area (Å²) in [5.41, 5.74) is 2.40. The third kappa shape index (κ3) is 2.57. The van der Waals surface area contributed by atoms with Gasteiger partial charge in [0.2, 0.25) is 0 Å². The quantitative estimate of drug-likeness (QED) is 0.552. The molecule has 0 atom stereocenters. The van der Waals surface area contributed by atoms with E-state index in [1.807, 2.05) is 13.0 Å². The fourth-order valence-corrected chi connectivity index (χ4v) is 4.29. The minimum atomic E-state index is 0.570. The normalized spacial score (nSPS) is 15.3. The van der Waals surface area contributed by atoms with Crippen molar-refractivity contribution in [2.45, 2.75) is 13.3 Å². The van der Waals surface area contributed by atoms with Crippen LogP contribution in [0.1, 0.15) is 12.8 Å². The first-order chi connectivity index (χ1) is 12.8. The number of benzene rings is 1. The van der Waals surface area contributed by atoms with Gasteiger partial charge in [-0.3, -0.25) is 0 Å². The van der Waals surface area contributed by atoms with E-state index in [0.29, 0.717) is 11.6 Å². The highest BCUT2D eigenvalue weighted by Gasteiger charge is 2.23. The number of para-hydroxylation sites is 1. The lowest BCUT2D eigenvalue weighted by Gasteiger charge is -2.35. The van der Waals surface area contributed by atoms with E-state index in [9.17, 15) is 0 Å². The number of aromatic nitrogens is 4. The molecule has 8 heteroatoms. The van der Waals surface area contributed by atoms with Crippen LogP contribution in [0.2, 0.25) is 0 Å². The summed E-state index contributed by atoms with van der Waals surface area (Å²) in [7, 11) is 0. The summed E-state index contributed by atoms with van der Waals surface area (Å²) < 4.78 is 6.90. The Balaban J connectivity index is 1.38. The Kier molecular flexibility index (Phi) is 3.70. The molecule has 0 amide bonds. The lowest BCUT2D eigenvalue weighted by atomic mass is 10.3. The van der Waals surface area contributed by atoms with Crippen molar-refractivity contribution in [3.8, 4) is 0 Å². The van der Waals surface area contributed by atoms with Gasteiger partial charge in [-0.1, -0.05) is 30.4 Å². The molecular formula is C18H18N6OS.